The average Bonchev–Trinajstić information content (AvgIpc) is 3.34. The number of ether oxygens (including phenoxy) is 2. The van der Waals surface area contributed by atoms with Gasteiger partial charge in [-0.2, -0.15) is 0 Å². The molecule has 0 bridgehead atoms. The Morgan fingerprint density at radius 3 is 2.31 bits per heavy atom. The van der Waals surface area contributed by atoms with Gasteiger partial charge >= 0.3 is 0 Å². The molecule has 0 unspecified atom stereocenters. The first-order chi connectivity index (χ1) is 15.6. The van der Waals surface area contributed by atoms with Crippen LogP contribution in [0.25, 0.3) is 10.6 Å². The summed E-state index contributed by atoms with van der Waals surface area (Å²) in [6.45, 7) is 2.03. The number of benzene rings is 2. The van der Waals surface area contributed by atoms with E-state index < -0.39 is 0 Å². The number of amides is 2. The number of methoxy groups -OCH3 is 2. The van der Waals surface area contributed by atoms with Crippen molar-refractivity contribution in [3.05, 3.63) is 65.2 Å². The van der Waals surface area contributed by atoms with E-state index in [2.05, 4.69) is 4.98 Å². The van der Waals surface area contributed by atoms with E-state index in [1.165, 1.54) is 11.3 Å². The van der Waals surface area contributed by atoms with Gasteiger partial charge in [-0.25, -0.2) is 4.98 Å². The second-order valence-corrected chi connectivity index (χ2v) is 8.33. The highest BCUT2D eigenvalue weighted by molar-refractivity contribution is 7.13. The van der Waals surface area contributed by atoms with Crippen molar-refractivity contribution in [2.45, 2.75) is 6.42 Å². The predicted molar refractivity (Wildman–Crippen MR) is 123 cm³/mol. The molecule has 2 aromatic carbocycles. The Bertz CT molecular complexity index is 1090. The molecule has 2 amide bonds. The van der Waals surface area contributed by atoms with Gasteiger partial charge in [0, 0.05) is 37.1 Å². The molecular weight excluding hydrogens is 426 g/mol. The average molecular weight is 452 g/mol. The van der Waals surface area contributed by atoms with Crippen LogP contribution in [0, 0.1) is 0 Å². The van der Waals surface area contributed by atoms with Crippen LogP contribution < -0.4 is 9.47 Å². The molecular formula is C24H25N3O4S. The Morgan fingerprint density at radius 2 is 1.62 bits per heavy atom. The molecule has 0 saturated carbocycles. The molecule has 1 aliphatic rings. The number of hydrogen-bond acceptors (Lipinski definition) is 6. The maximum absolute atomic E-state index is 12.9. The molecule has 166 valence electrons. The minimum Gasteiger partial charge on any atom is -0.497 e. The molecule has 1 fully saturated rings. The second-order valence-electron chi connectivity index (χ2n) is 7.47. The fourth-order valence-corrected chi connectivity index (χ4v) is 4.43. The summed E-state index contributed by atoms with van der Waals surface area (Å²) in [6.07, 6.45) is 0.322. The number of rotatable bonds is 6. The molecule has 8 heteroatoms. The molecule has 0 radical (unpaired) electrons. The third kappa shape index (κ3) is 4.91. The molecule has 1 aliphatic heterocycles. The van der Waals surface area contributed by atoms with Crippen molar-refractivity contribution in [1.82, 2.24) is 14.8 Å². The minimum absolute atomic E-state index is 0.0563. The Hall–Kier alpha value is -3.39. The zero-order valence-electron chi connectivity index (χ0n) is 18.1. The molecule has 0 atom stereocenters. The van der Waals surface area contributed by atoms with Crippen molar-refractivity contribution < 1.29 is 19.1 Å². The van der Waals surface area contributed by atoms with Crippen LogP contribution in [-0.2, 0) is 11.2 Å². The molecule has 7 nitrogen and oxygen atoms in total. The third-order valence-electron chi connectivity index (χ3n) is 5.47. The largest absolute Gasteiger partial charge is 0.497 e. The van der Waals surface area contributed by atoms with E-state index in [0.29, 0.717) is 38.3 Å². The highest BCUT2D eigenvalue weighted by Crippen LogP contribution is 2.26. The van der Waals surface area contributed by atoms with Crippen molar-refractivity contribution in [1.29, 1.82) is 0 Å². The molecule has 0 aliphatic carbocycles. The second kappa shape index (κ2) is 9.82. The monoisotopic (exact) mass is 451 g/mol. The van der Waals surface area contributed by atoms with Gasteiger partial charge in [-0.3, -0.25) is 9.59 Å². The van der Waals surface area contributed by atoms with Crippen LogP contribution in [-0.4, -0.2) is 67.0 Å². The Morgan fingerprint density at radius 1 is 0.938 bits per heavy atom. The standard InChI is InChI=1S/C24H25N3O4S/c1-30-19-8-6-18(7-9-19)23-25-21(16-32-23)24(29)27-12-10-26(11-13-27)22(28)15-17-4-3-5-20(14-17)31-2/h3-9,14,16H,10-13,15H2,1-2H3. The maximum atomic E-state index is 12.9. The smallest absolute Gasteiger partial charge is 0.273 e. The lowest BCUT2D eigenvalue weighted by Gasteiger charge is -2.34. The number of carbonyl (C=O) groups is 2. The minimum atomic E-state index is -0.0964. The number of carbonyl (C=O) groups excluding carboxylic acids is 2. The van der Waals surface area contributed by atoms with Crippen LogP contribution in [0.15, 0.2) is 53.9 Å². The number of aromatic nitrogens is 1. The van der Waals surface area contributed by atoms with E-state index >= 15 is 0 Å². The summed E-state index contributed by atoms with van der Waals surface area (Å²) in [7, 11) is 3.24. The lowest BCUT2D eigenvalue weighted by atomic mass is 10.1. The lowest BCUT2D eigenvalue weighted by molar-refractivity contribution is -0.131. The van der Waals surface area contributed by atoms with E-state index in [1.807, 2.05) is 53.4 Å². The summed E-state index contributed by atoms with van der Waals surface area (Å²) in [5.41, 5.74) is 2.31. The van der Waals surface area contributed by atoms with E-state index in [0.717, 1.165) is 27.6 Å². The van der Waals surface area contributed by atoms with Gasteiger partial charge in [-0.05, 0) is 42.0 Å². The molecule has 32 heavy (non-hydrogen) atoms. The maximum Gasteiger partial charge on any atom is 0.273 e. The van der Waals surface area contributed by atoms with Gasteiger partial charge in [0.2, 0.25) is 5.91 Å². The fraction of sp³-hybridized carbons (Fsp3) is 0.292. The van der Waals surface area contributed by atoms with Gasteiger partial charge in [0.25, 0.3) is 5.91 Å². The summed E-state index contributed by atoms with van der Waals surface area (Å²) >= 11 is 1.44. The lowest BCUT2D eigenvalue weighted by Crippen LogP contribution is -2.51. The number of hydrogen-bond donors (Lipinski definition) is 0. The zero-order chi connectivity index (χ0) is 22.5. The molecule has 4 rings (SSSR count). The Balaban J connectivity index is 1.33. The van der Waals surface area contributed by atoms with Gasteiger partial charge in [0.05, 0.1) is 20.6 Å². The molecule has 0 spiro atoms. The predicted octanol–water partition coefficient (Wildman–Crippen LogP) is 3.35. The van der Waals surface area contributed by atoms with Crippen LogP contribution in [0.4, 0.5) is 0 Å². The summed E-state index contributed by atoms with van der Waals surface area (Å²) < 4.78 is 10.4. The van der Waals surface area contributed by atoms with Gasteiger partial charge in [0.1, 0.15) is 22.2 Å². The Labute approximate surface area is 191 Å². The quantitative estimate of drug-likeness (QED) is 0.575. The molecule has 1 aromatic heterocycles. The SMILES string of the molecule is COc1ccc(-c2nc(C(=O)N3CCN(C(=O)Cc4cccc(OC)c4)CC3)cs2)cc1. The van der Waals surface area contributed by atoms with Crippen LogP contribution in [0.5, 0.6) is 11.5 Å². The van der Waals surface area contributed by atoms with Crippen LogP contribution in [0.3, 0.4) is 0 Å². The Kier molecular flexibility index (Phi) is 6.70. The summed E-state index contributed by atoms with van der Waals surface area (Å²) in [5.74, 6) is 1.48. The van der Waals surface area contributed by atoms with Crippen molar-refractivity contribution in [2.24, 2.45) is 0 Å². The first kappa shape index (κ1) is 21.8. The van der Waals surface area contributed by atoms with Crippen molar-refractivity contribution in [2.75, 3.05) is 40.4 Å². The summed E-state index contributed by atoms with van der Waals surface area (Å²) in [4.78, 5) is 33.7. The number of nitrogens with zero attached hydrogens (tertiary/aromatic N) is 3. The van der Waals surface area contributed by atoms with Crippen LogP contribution in [0.1, 0.15) is 16.1 Å². The van der Waals surface area contributed by atoms with Crippen molar-refractivity contribution in [3.8, 4) is 22.1 Å². The van der Waals surface area contributed by atoms with E-state index in [9.17, 15) is 9.59 Å². The van der Waals surface area contributed by atoms with Gasteiger partial charge in [0.15, 0.2) is 0 Å². The highest BCUT2D eigenvalue weighted by Gasteiger charge is 2.26. The van der Waals surface area contributed by atoms with Crippen LogP contribution >= 0.6 is 11.3 Å². The normalized spacial score (nSPS) is 13.7. The van der Waals surface area contributed by atoms with Gasteiger partial charge < -0.3 is 19.3 Å². The van der Waals surface area contributed by atoms with E-state index in [4.69, 9.17) is 9.47 Å². The molecule has 2 heterocycles. The first-order valence-corrected chi connectivity index (χ1v) is 11.3. The van der Waals surface area contributed by atoms with E-state index in [1.54, 1.807) is 24.5 Å². The van der Waals surface area contributed by atoms with Gasteiger partial charge in [-0.15, -0.1) is 11.3 Å². The van der Waals surface area contributed by atoms with E-state index in [-0.39, 0.29) is 11.8 Å². The molecule has 3 aromatic rings. The zero-order valence-corrected chi connectivity index (χ0v) is 18.9. The summed E-state index contributed by atoms with van der Waals surface area (Å²) in [5, 5.41) is 2.59. The summed E-state index contributed by atoms with van der Waals surface area (Å²) in [6, 6.07) is 15.1. The van der Waals surface area contributed by atoms with Crippen LogP contribution in [0.2, 0.25) is 0 Å². The molecule has 0 N–H and O–H groups in total. The topological polar surface area (TPSA) is 72.0 Å². The molecule has 1 saturated heterocycles. The highest BCUT2D eigenvalue weighted by atomic mass is 32.1. The van der Waals surface area contributed by atoms with Gasteiger partial charge in [-0.1, -0.05) is 12.1 Å². The number of piperazine rings is 1. The third-order valence-corrected chi connectivity index (χ3v) is 6.36. The fourth-order valence-electron chi connectivity index (χ4n) is 3.63. The first-order valence-electron chi connectivity index (χ1n) is 10.4. The number of thiazole rings is 1. The van der Waals surface area contributed by atoms with Crippen molar-refractivity contribution >= 4 is 23.2 Å². The van der Waals surface area contributed by atoms with Crippen molar-refractivity contribution in [3.63, 3.8) is 0 Å².